The summed E-state index contributed by atoms with van der Waals surface area (Å²) in [5, 5.41) is 0. The van der Waals surface area contributed by atoms with Crippen molar-refractivity contribution >= 4 is 0 Å². The zero-order valence-electron chi connectivity index (χ0n) is 10.6. The summed E-state index contributed by atoms with van der Waals surface area (Å²) >= 11 is 0. The van der Waals surface area contributed by atoms with Crippen molar-refractivity contribution in [1.29, 1.82) is 0 Å². The van der Waals surface area contributed by atoms with Gasteiger partial charge in [-0.3, -0.25) is 0 Å². The van der Waals surface area contributed by atoms with Crippen LogP contribution in [0.5, 0.6) is 0 Å². The molecule has 0 heteroatoms. The maximum absolute atomic E-state index is 8.25. The molecule has 0 spiro atoms. The van der Waals surface area contributed by atoms with E-state index in [-0.39, 0.29) is 5.41 Å². The van der Waals surface area contributed by atoms with Gasteiger partial charge in [0, 0.05) is 2.74 Å². The van der Waals surface area contributed by atoms with Crippen LogP contribution in [0.3, 0.4) is 0 Å². The van der Waals surface area contributed by atoms with Crippen LogP contribution in [-0.4, -0.2) is 0 Å². The van der Waals surface area contributed by atoms with Crippen LogP contribution in [0, 0.1) is 23.2 Å². The van der Waals surface area contributed by atoms with Gasteiger partial charge in [0.25, 0.3) is 0 Å². The van der Waals surface area contributed by atoms with Crippen molar-refractivity contribution in [3.05, 3.63) is 0 Å². The number of rotatable bonds is 1. The van der Waals surface area contributed by atoms with E-state index in [1.54, 1.807) is 0 Å². The topological polar surface area (TPSA) is 0 Å². The lowest BCUT2D eigenvalue weighted by Gasteiger charge is -2.46. The van der Waals surface area contributed by atoms with Gasteiger partial charge in [-0.2, -0.15) is 0 Å². The summed E-state index contributed by atoms with van der Waals surface area (Å²) in [5.74, 6) is 2.03. The van der Waals surface area contributed by atoms with E-state index in [9.17, 15) is 0 Å². The molecule has 70 valence electrons. The van der Waals surface area contributed by atoms with Gasteiger partial charge in [0.2, 0.25) is 0 Å². The first-order chi connectivity index (χ1) is 6.30. The highest BCUT2D eigenvalue weighted by Crippen LogP contribution is 2.50. The molecule has 12 heavy (non-hydrogen) atoms. The minimum absolute atomic E-state index is 0.207. The van der Waals surface area contributed by atoms with Crippen molar-refractivity contribution in [3.8, 4) is 0 Å². The SMILES string of the molecule is [2H]C([2H])(C1CC2CC(C2)C1)C(C)(C)C. The second kappa shape index (κ2) is 2.75. The molecule has 3 fully saturated rings. The maximum atomic E-state index is 8.25. The van der Waals surface area contributed by atoms with Crippen LogP contribution < -0.4 is 0 Å². The van der Waals surface area contributed by atoms with Crippen molar-refractivity contribution in [3.63, 3.8) is 0 Å². The van der Waals surface area contributed by atoms with Crippen LogP contribution in [0.1, 0.15) is 55.6 Å². The predicted octanol–water partition coefficient (Wildman–Crippen LogP) is 3.86. The quantitative estimate of drug-likeness (QED) is 0.558. The maximum Gasteiger partial charge on any atom is 0.0275 e. The van der Waals surface area contributed by atoms with Gasteiger partial charge in [0.15, 0.2) is 0 Å². The summed E-state index contributed by atoms with van der Waals surface area (Å²) in [4.78, 5) is 0. The molecule has 0 atom stereocenters. The summed E-state index contributed by atoms with van der Waals surface area (Å²) < 4.78 is 16.5. The first kappa shape index (κ1) is 6.45. The highest BCUT2D eigenvalue weighted by molar-refractivity contribution is 4.90. The third-order valence-electron chi connectivity index (χ3n) is 3.21. The minimum Gasteiger partial charge on any atom is -0.0602 e. The molecule has 0 amide bonds. The van der Waals surface area contributed by atoms with Gasteiger partial charge in [0.1, 0.15) is 0 Å². The van der Waals surface area contributed by atoms with E-state index in [0.717, 1.165) is 24.7 Å². The Bertz CT molecular complexity index is 211. The van der Waals surface area contributed by atoms with Gasteiger partial charge in [-0.25, -0.2) is 0 Å². The monoisotopic (exact) mass is 168 g/mol. The lowest BCUT2D eigenvalue weighted by molar-refractivity contribution is 0.0484. The van der Waals surface area contributed by atoms with Crippen LogP contribution in [-0.2, 0) is 0 Å². The average Bonchev–Trinajstić information content (AvgIpc) is 2.01. The van der Waals surface area contributed by atoms with E-state index in [2.05, 4.69) is 0 Å². The van der Waals surface area contributed by atoms with Crippen molar-refractivity contribution in [2.75, 3.05) is 0 Å². The van der Waals surface area contributed by atoms with E-state index < -0.39 is 6.37 Å². The van der Waals surface area contributed by atoms with Crippen molar-refractivity contribution in [2.45, 2.75) is 52.8 Å². The van der Waals surface area contributed by atoms with E-state index in [4.69, 9.17) is 2.74 Å². The predicted molar refractivity (Wildman–Crippen MR) is 53.0 cm³/mol. The normalized spacial score (nSPS) is 44.4. The smallest absolute Gasteiger partial charge is 0.0275 e. The number of fused-ring (bicyclic) bond motifs is 2. The van der Waals surface area contributed by atoms with Gasteiger partial charge in [-0.15, -0.1) is 0 Å². The van der Waals surface area contributed by atoms with Crippen LogP contribution in [0.4, 0.5) is 0 Å². The van der Waals surface area contributed by atoms with Gasteiger partial charge in [-0.1, -0.05) is 20.8 Å². The van der Waals surface area contributed by atoms with Crippen molar-refractivity contribution in [2.24, 2.45) is 23.2 Å². The van der Waals surface area contributed by atoms with Crippen LogP contribution in [0.15, 0.2) is 0 Å². The molecule has 0 heterocycles. The van der Waals surface area contributed by atoms with Gasteiger partial charge in [-0.05, 0) is 55.2 Å². The Hall–Kier alpha value is 0. The second-order valence-corrected chi connectivity index (χ2v) is 5.77. The van der Waals surface area contributed by atoms with Gasteiger partial charge < -0.3 is 0 Å². The molecular formula is C12H22. The molecule has 3 aliphatic carbocycles. The Morgan fingerprint density at radius 2 is 1.58 bits per heavy atom. The summed E-state index contributed by atoms with van der Waals surface area (Å²) in [6.07, 6.45) is 4.07. The average molecular weight is 168 g/mol. The zero-order chi connectivity index (χ0) is 10.6. The van der Waals surface area contributed by atoms with E-state index in [1.165, 1.54) is 12.8 Å². The Balaban J connectivity index is 2.07. The Labute approximate surface area is 79.6 Å². The standard InChI is InChI=1S/C12H22/c1-12(2,3)8-11-6-9-4-10(5-9)7-11/h9-11H,4-8H2,1-3H3/i8D2. The fourth-order valence-corrected chi connectivity index (χ4v) is 2.89. The molecule has 2 bridgehead atoms. The first-order valence-electron chi connectivity index (χ1n) is 6.30. The van der Waals surface area contributed by atoms with Crippen LogP contribution in [0.2, 0.25) is 0 Å². The zero-order valence-corrected chi connectivity index (χ0v) is 8.56. The number of hydrogen-bond acceptors (Lipinski definition) is 0. The molecule has 0 aromatic heterocycles. The Morgan fingerprint density at radius 3 is 2.00 bits per heavy atom. The Kier molecular flexibility index (Phi) is 1.48. The molecule has 3 rings (SSSR count). The molecule has 0 unspecified atom stereocenters. The minimum atomic E-state index is -0.982. The summed E-state index contributed by atoms with van der Waals surface area (Å²) in [5.41, 5.74) is -0.207. The van der Waals surface area contributed by atoms with E-state index >= 15 is 0 Å². The highest BCUT2D eigenvalue weighted by Gasteiger charge is 2.38. The molecule has 0 aliphatic heterocycles. The molecule has 3 saturated carbocycles. The first-order valence-corrected chi connectivity index (χ1v) is 5.30. The molecule has 0 nitrogen and oxygen atoms in total. The van der Waals surface area contributed by atoms with Crippen molar-refractivity contribution < 1.29 is 2.74 Å². The fourth-order valence-electron chi connectivity index (χ4n) is 2.89. The molecular weight excluding hydrogens is 144 g/mol. The largest absolute Gasteiger partial charge is 0.0602 e. The molecule has 0 N–H and O–H groups in total. The van der Waals surface area contributed by atoms with Gasteiger partial charge in [0.05, 0.1) is 0 Å². The molecule has 0 saturated heterocycles. The Morgan fingerprint density at radius 1 is 1.08 bits per heavy atom. The molecule has 0 radical (unpaired) electrons. The molecule has 0 aromatic carbocycles. The summed E-state index contributed by atoms with van der Waals surface area (Å²) in [6.45, 7) is 6.10. The van der Waals surface area contributed by atoms with Gasteiger partial charge >= 0.3 is 0 Å². The highest BCUT2D eigenvalue weighted by atomic mass is 14.4. The second-order valence-electron chi connectivity index (χ2n) is 5.77. The third-order valence-corrected chi connectivity index (χ3v) is 3.21. The third kappa shape index (κ3) is 1.84. The lowest BCUT2D eigenvalue weighted by Crippen LogP contribution is -2.35. The van der Waals surface area contributed by atoms with E-state index in [1.807, 2.05) is 20.8 Å². The fraction of sp³-hybridized carbons (Fsp3) is 1.00. The van der Waals surface area contributed by atoms with E-state index in [0.29, 0.717) is 5.92 Å². The summed E-state index contributed by atoms with van der Waals surface area (Å²) in [7, 11) is 0. The molecule has 0 aromatic rings. The summed E-state index contributed by atoms with van der Waals surface area (Å²) in [6, 6.07) is 0. The molecule has 3 aliphatic rings. The lowest BCUT2D eigenvalue weighted by atomic mass is 9.59. The van der Waals surface area contributed by atoms with Crippen LogP contribution in [0.25, 0.3) is 0 Å². The van der Waals surface area contributed by atoms with Crippen LogP contribution >= 0.6 is 0 Å². The number of hydrogen-bond donors (Lipinski definition) is 0. The van der Waals surface area contributed by atoms with Crippen molar-refractivity contribution in [1.82, 2.24) is 0 Å².